The summed E-state index contributed by atoms with van der Waals surface area (Å²) in [6.07, 6.45) is 1.95. The van der Waals surface area contributed by atoms with Crippen LogP contribution in [0.15, 0.2) is 58.7 Å². The summed E-state index contributed by atoms with van der Waals surface area (Å²) in [6, 6.07) is 14.1. The van der Waals surface area contributed by atoms with E-state index in [-0.39, 0.29) is 16.6 Å². The van der Waals surface area contributed by atoms with Crippen molar-refractivity contribution in [2.24, 2.45) is 0 Å². The molecule has 0 saturated carbocycles. The smallest absolute Gasteiger partial charge is 0.333 e. The Labute approximate surface area is 149 Å². The Morgan fingerprint density at radius 2 is 1.84 bits per heavy atom. The van der Waals surface area contributed by atoms with E-state index >= 15 is 0 Å². The molecule has 1 N–H and O–H groups in total. The van der Waals surface area contributed by atoms with Crippen molar-refractivity contribution in [3.8, 4) is 0 Å². The van der Waals surface area contributed by atoms with Crippen LogP contribution in [-0.2, 0) is 6.54 Å². The van der Waals surface area contributed by atoms with Crippen molar-refractivity contribution in [2.75, 3.05) is 11.5 Å². The van der Waals surface area contributed by atoms with E-state index in [0.717, 1.165) is 22.3 Å². The highest BCUT2D eigenvalue weighted by Gasteiger charge is 2.14. The van der Waals surface area contributed by atoms with Crippen molar-refractivity contribution in [1.29, 1.82) is 0 Å². The number of rotatable bonds is 5. The van der Waals surface area contributed by atoms with Crippen molar-refractivity contribution < 1.29 is 5.21 Å². The first-order valence-electron chi connectivity index (χ1n) is 7.68. The van der Waals surface area contributed by atoms with Gasteiger partial charge in [0.1, 0.15) is 0 Å². The molecule has 1 aromatic heterocycles. The molecule has 2 aromatic carbocycles. The van der Waals surface area contributed by atoms with E-state index in [1.165, 1.54) is 12.1 Å². The molecule has 25 heavy (non-hydrogen) atoms. The number of allylic oxidation sites excluding steroid dienone is 1. The first-order chi connectivity index (χ1) is 12.0. The molecule has 130 valence electrons. The summed E-state index contributed by atoms with van der Waals surface area (Å²) in [4.78, 5) is 13.0. The highest BCUT2D eigenvalue weighted by molar-refractivity contribution is 8.01. The van der Waals surface area contributed by atoms with Crippen molar-refractivity contribution in [3.05, 3.63) is 75.2 Å². The number of aromatic nitrogens is 2. The molecule has 1 heterocycles. The topological polar surface area (TPSA) is 73.5 Å². The Hall–Kier alpha value is -2.48. The van der Waals surface area contributed by atoms with Crippen LogP contribution in [0.3, 0.4) is 0 Å². The van der Waals surface area contributed by atoms with Crippen molar-refractivity contribution in [1.82, 2.24) is 9.13 Å². The third kappa shape index (κ3) is 3.34. The Kier molecular flexibility index (Phi) is 4.98. The van der Waals surface area contributed by atoms with E-state index in [1.54, 1.807) is 33.0 Å². The lowest BCUT2D eigenvalue weighted by Gasteiger charge is -2.21. The van der Waals surface area contributed by atoms with Gasteiger partial charge in [0, 0.05) is 5.70 Å². The summed E-state index contributed by atoms with van der Waals surface area (Å²) < 4.78 is 3.41. The number of hydrogen-bond donors (Lipinski definition) is 1. The van der Waals surface area contributed by atoms with Gasteiger partial charge >= 0.3 is 5.69 Å². The van der Waals surface area contributed by atoms with Crippen LogP contribution in [0.5, 0.6) is 0 Å². The van der Waals surface area contributed by atoms with E-state index in [9.17, 15) is 10.0 Å². The molecular formula is C18H18N3O3S-. The fraction of sp³-hybridized carbons (Fsp3) is 0.167. The van der Waals surface area contributed by atoms with Crippen LogP contribution in [0.4, 0.5) is 5.69 Å². The van der Waals surface area contributed by atoms with E-state index in [1.807, 2.05) is 42.9 Å². The minimum atomic E-state index is -0.182. The number of benzene rings is 2. The summed E-state index contributed by atoms with van der Waals surface area (Å²) in [5.74, 6) is 0. The molecule has 0 fully saturated rings. The second kappa shape index (κ2) is 7.18. The summed E-state index contributed by atoms with van der Waals surface area (Å²) in [6.45, 7) is 2.29. The van der Waals surface area contributed by atoms with Gasteiger partial charge in [-0.3, -0.25) is 14.3 Å². The number of para-hydroxylation sites is 2. The molecule has 0 amide bonds. The quantitative estimate of drug-likeness (QED) is 0.705. The predicted octanol–water partition coefficient (Wildman–Crippen LogP) is 3.73. The summed E-state index contributed by atoms with van der Waals surface area (Å²) in [5.41, 5.74) is 3.47. The maximum atomic E-state index is 13.0. The minimum absolute atomic E-state index is 0.110. The fourth-order valence-electron chi connectivity index (χ4n) is 2.84. The van der Waals surface area contributed by atoms with Crippen molar-refractivity contribution >= 4 is 34.2 Å². The summed E-state index contributed by atoms with van der Waals surface area (Å²) in [7, 11) is 0. The van der Waals surface area contributed by atoms with Crippen LogP contribution in [0.2, 0.25) is 0 Å². The van der Waals surface area contributed by atoms with E-state index in [2.05, 4.69) is 0 Å². The van der Waals surface area contributed by atoms with Gasteiger partial charge in [-0.2, -0.15) is 0 Å². The van der Waals surface area contributed by atoms with Crippen LogP contribution < -0.4 is 10.9 Å². The molecule has 6 nitrogen and oxygen atoms in total. The lowest BCUT2D eigenvalue weighted by molar-refractivity contribution is 0.296. The van der Waals surface area contributed by atoms with Crippen LogP contribution in [0, 0.1) is 5.21 Å². The SMILES string of the molecule is CS/C=C(/C)n1c(=O)n(Cc2ccc(N([O-])O)cc2)c2ccccc21. The lowest BCUT2D eigenvalue weighted by Crippen LogP contribution is -2.23. The standard InChI is InChI=1S/C18H18N3O3S/c1-13(12-25-2)20-17-6-4-3-5-16(17)19(18(20)22)11-14-7-9-15(10-8-14)21(23)24/h3-10,12,23H,11H2,1-2H3/q-1/b13-12-. The minimum Gasteiger partial charge on any atom is -0.733 e. The molecule has 3 rings (SSSR count). The lowest BCUT2D eigenvalue weighted by atomic mass is 10.2. The Bertz CT molecular complexity index is 971. The zero-order valence-electron chi connectivity index (χ0n) is 13.9. The van der Waals surface area contributed by atoms with Gasteiger partial charge in [0.25, 0.3) is 0 Å². The second-order valence-electron chi connectivity index (χ2n) is 5.63. The first-order valence-corrected chi connectivity index (χ1v) is 8.97. The molecule has 3 aromatic rings. The molecule has 0 saturated heterocycles. The second-order valence-corrected chi connectivity index (χ2v) is 6.33. The van der Waals surface area contributed by atoms with Gasteiger partial charge in [-0.15, -0.1) is 11.8 Å². The first kappa shape index (κ1) is 17.3. The van der Waals surface area contributed by atoms with Gasteiger partial charge in [0.15, 0.2) is 0 Å². The Morgan fingerprint density at radius 1 is 1.20 bits per heavy atom. The molecule has 0 bridgehead atoms. The number of thioether (sulfide) groups is 1. The van der Waals surface area contributed by atoms with Crippen LogP contribution in [0.25, 0.3) is 16.7 Å². The fourth-order valence-corrected chi connectivity index (χ4v) is 3.28. The number of fused-ring (bicyclic) bond motifs is 1. The maximum absolute atomic E-state index is 13.0. The third-order valence-electron chi connectivity index (χ3n) is 3.97. The van der Waals surface area contributed by atoms with Gasteiger partial charge in [-0.05, 0) is 48.4 Å². The Morgan fingerprint density at radius 3 is 2.44 bits per heavy atom. The highest BCUT2D eigenvalue weighted by Crippen LogP contribution is 2.20. The molecule has 0 atom stereocenters. The molecule has 7 heteroatoms. The zero-order chi connectivity index (χ0) is 18.0. The maximum Gasteiger partial charge on any atom is 0.333 e. The predicted molar refractivity (Wildman–Crippen MR) is 103 cm³/mol. The number of hydrogen-bond acceptors (Lipinski definition) is 5. The summed E-state index contributed by atoms with van der Waals surface area (Å²) >= 11 is 1.55. The van der Waals surface area contributed by atoms with Crippen LogP contribution in [0.1, 0.15) is 12.5 Å². The van der Waals surface area contributed by atoms with Crippen LogP contribution >= 0.6 is 11.8 Å². The average molecular weight is 356 g/mol. The van der Waals surface area contributed by atoms with Gasteiger partial charge in [-0.25, -0.2) is 4.79 Å². The van der Waals surface area contributed by atoms with Gasteiger partial charge in [-0.1, -0.05) is 24.3 Å². The molecule has 0 aliphatic rings. The monoisotopic (exact) mass is 356 g/mol. The largest absolute Gasteiger partial charge is 0.733 e. The number of nitrogens with zero attached hydrogens (tertiary/aromatic N) is 3. The van der Waals surface area contributed by atoms with Crippen LogP contribution in [-0.4, -0.2) is 20.6 Å². The van der Waals surface area contributed by atoms with Gasteiger partial charge < -0.3 is 10.4 Å². The molecule has 0 spiro atoms. The summed E-state index contributed by atoms with van der Waals surface area (Å²) in [5, 5.41) is 21.6. The van der Waals surface area contributed by atoms with Crippen molar-refractivity contribution in [3.63, 3.8) is 0 Å². The number of imidazole rings is 1. The van der Waals surface area contributed by atoms with Gasteiger partial charge in [0.2, 0.25) is 0 Å². The molecule has 0 radical (unpaired) electrons. The average Bonchev–Trinajstić information content (AvgIpc) is 2.88. The molecule has 0 aliphatic heterocycles. The zero-order valence-corrected chi connectivity index (χ0v) is 14.7. The van der Waals surface area contributed by atoms with E-state index in [4.69, 9.17) is 5.21 Å². The highest BCUT2D eigenvalue weighted by atomic mass is 32.2. The van der Waals surface area contributed by atoms with E-state index in [0.29, 0.717) is 6.54 Å². The third-order valence-corrected chi connectivity index (χ3v) is 4.55. The Balaban J connectivity index is 2.09. The molecule has 0 unspecified atom stereocenters. The van der Waals surface area contributed by atoms with Gasteiger partial charge in [0.05, 0.1) is 23.3 Å². The van der Waals surface area contributed by atoms with Crippen molar-refractivity contribution in [2.45, 2.75) is 13.5 Å². The molecular weight excluding hydrogens is 338 g/mol. The molecule has 0 aliphatic carbocycles. The number of anilines is 1. The normalized spacial score (nSPS) is 11.9. The van der Waals surface area contributed by atoms with E-state index < -0.39 is 0 Å².